The molecule has 0 bridgehead atoms. The van der Waals surface area contributed by atoms with Crippen molar-refractivity contribution in [1.82, 2.24) is 0 Å². The maximum Gasteiger partial charge on any atom is 0.299 e. The van der Waals surface area contributed by atoms with Gasteiger partial charge in [-0.25, -0.2) is 4.39 Å². The molecule has 0 N–H and O–H groups in total. The molecule has 1 heterocycles. The molecule has 1 amide bonds. The van der Waals surface area contributed by atoms with Crippen LogP contribution in [0.5, 0.6) is 0 Å². The molecular weight excluding hydrogens is 261 g/mol. The summed E-state index contributed by atoms with van der Waals surface area (Å²) in [7, 11) is 0. The number of carbonyl (C=O) groups excluding carboxylic acids is 3. The van der Waals surface area contributed by atoms with Gasteiger partial charge < -0.3 is 0 Å². The molecule has 4 nitrogen and oxygen atoms in total. The molecule has 0 aromatic heterocycles. The number of ketones is 2. The largest absolute Gasteiger partial charge is 0.299 e. The highest BCUT2D eigenvalue weighted by Crippen LogP contribution is 2.31. The number of rotatable bonds is 3. The minimum Gasteiger partial charge on any atom is -0.297 e. The number of halogens is 1. The molecule has 2 aliphatic rings. The van der Waals surface area contributed by atoms with Crippen molar-refractivity contribution in [3.05, 3.63) is 29.6 Å². The number of hydrogen-bond donors (Lipinski definition) is 0. The van der Waals surface area contributed by atoms with Crippen molar-refractivity contribution in [2.24, 2.45) is 5.92 Å². The van der Waals surface area contributed by atoms with E-state index in [1.807, 2.05) is 0 Å². The first-order chi connectivity index (χ1) is 9.58. The number of benzene rings is 1. The van der Waals surface area contributed by atoms with E-state index in [0.717, 1.165) is 31.7 Å². The molecular formula is C15H14FNO3. The van der Waals surface area contributed by atoms with E-state index in [9.17, 15) is 18.8 Å². The Bertz CT molecular complexity index is 605. The molecule has 1 aromatic rings. The maximum atomic E-state index is 13.1. The standard InChI is InChI=1S/C15H14FNO3/c16-10-5-6-12-11(7-10)14(19)15(20)17(12)8-13(18)9-3-1-2-4-9/h5-7,9H,1-4,8H2. The van der Waals surface area contributed by atoms with Gasteiger partial charge in [-0.3, -0.25) is 19.3 Å². The number of nitrogens with zero attached hydrogens (tertiary/aromatic N) is 1. The lowest BCUT2D eigenvalue weighted by Crippen LogP contribution is -2.36. The summed E-state index contributed by atoms with van der Waals surface area (Å²) >= 11 is 0. The summed E-state index contributed by atoms with van der Waals surface area (Å²) in [6.07, 6.45) is 3.77. The molecule has 1 saturated carbocycles. The van der Waals surface area contributed by atoms with Crippen LogP contribution in [0.2, 0.25) is 0 Å². The SMILES string of the molecule is O=C1C(=O)N(CC(=O)C2CCCC2)c2ccc(F)cc21. The Balaban J connectivity index is 1.85. The summed E-state index contributed by atoms with van der Waals surface area (Å²) in [5.74, 6) is -2.06. The van der Waals surface area contributed by atoms with Gasteiger partial charge >= 0.3 is 0 Å². The van der Waals surface area contributed by atoms with E-state index in [1.165, 1.54) is 17.0 Å². The predicted molar refractivity (Wildman–Crippen MR) is 70.0 cm³/mol. The van der Waals surface area contributed by atoms with Crippen molar-refractivity contribution < 1.29 is 18.8 Å². The molecule has 20 heavy (non-hydrogen) atoms. The quantitative estimate of drug-likeness (QED) is 0.794. The van der Waals surface area contributed by atoms with E-state index >= 15 is 0 Å². The number of Topliss-reactive ketones (excluding diaryl/α,β-unsaturated/α-hetero) is 2. The maximum absolute atomic E-state index is 13.1. The highest BCUT2D eigenvalue weighted by atomic mass is 19.1. The van der Waals surface area contributed by atoms with Crippen molar-refractivity contribution in [1.29, 1.82) is 0 Å². The average molecular weight is 275 g/mol. The van der Waals surface area contributed by atoms with E-state index in [2.05, 4.69) is 0 Å². The van der Waals surface area contributed by atoms with Crippen LogP contribution in [-0.4, -0.2) is 24.0 Å². The third kappa shape index (κ3) is 2.03. The molecule has 1 aromatic carbocycles. The molecule has 0 saturated heterocycles. The molecule has 1 fully saturated rings. The zero-order valence-electron chi connectivity index (χ0n) is 10.9. The van der Waals surface area contributed by atoms with Crippen molar-refractivity contribution in [2.45, 2.75) is 25.7 Å². The first-order valence-corrected chi connectivity index (χ1v) is 6.76. The number of fused-ring (bicyclic) bond motifs is 1. The summed E-state index contributed by atoms with van der Waals surface area (Å²) in [5.41, 5.74) is 0.391. The Morgan fingerprint density at radius 3 is 2.65 bits per heavy atom. The van der Waals surface area contributed by atoms with E-state index in [0.29, 0.717) is 5.69 Å². The number of hydrogen-bond acceptors (Lipinski definition) is 3. The van der Waals surface area contributed by atoms with Gasteiger partial charge in [-0.1, -0.05) is 12.8 Å². The van der Waals surface area contributed by atoms with Gasteiger partial charge in [0, 0.05) is 5.92 Å². The lowest BCUT2D eigenvalue weighted by atomic mass is 10.0. The third-order valence-corrected chi connectivity index (χ3v) is 4.06. The van der Waals surface area contributed by atoms with Crippen molar-refractivity contribution in [2.75, 3.05) is 11.4 Å². The fraction of sp³-hybridized carbons (Fsp3) is 0.400. The van der Waals surface area contributed by atoms with Crippen LogP contribution in [0.25, 0.3) is 0 Å². The topological polar surface area (TPSA) is 54.5 Å². The minimum atomic E-state index is -0.739. The Kier molecular flexibility index (Phi) is 3.12. The zero-order chi connectivity index (χ0) is 14.3. The lowest BCUT2D eigenvalue weighted by Gasteiger charge is -2.17. The average Bonchev–Trinajstić information content (AvgIpc) is 3.03. The highest BCUT2D eigenvalue weighted by Gasteiger charge is 2.38. The molecule has 3 rings (SSSR count). The molecule has 1 aliphatic heterocycles. The van der Waals surface area contributed by atoms with E-state index in [4.69, 9.17) is 0 Å². The van der Waals surface area contributed by atoms with Gasteiger partial charge in [0.25, 0.3) is 11.7 Å². The first-order valence-electron chi connectivity index (χ1n) is 6.76. The van der Waals surface area contributed by atoms with Gasteiger partial charge in [0.1, 0.15) is 5.82 Å². The van der Waals surface area contributed by atoms with Crippen LogP contribution in [-0.2, 0) is 9.59 Å². The van der Waals surface area contributed by atoms with Gasteiger partial charge in [-0.2, -0.15) is 0 Å². The molecule has 0 radical (unpaired) electrons. The zero-order valence-corrected chi connectivity index (χ0v) is 10.9. The Morgan fingerprint density at radius 2 is 1.95 bits per heavy atom. The van der Waals surface area contributed by atoms with Gasteiger partial charge in [0.05, 0.1) is 17.8 Å². The molecule has 0 unspecified atom stereocenters. The van der Waals surface area contributed by atoms with E-state index in [1.54, 1.807) is 0 Å². The Labute approximate surface area is 115 Å². The number of carbonyl (C=O) groups is 3. The summed E-state index contributed by atoms with van der Waals surface area (Å²) in [4.78, 5) is 37.0. The molecule has 5 heteroatoms. The van der Waals surface area contributed by atoms with Gasteiger partial charge in [0.15, 0.2) is 5.78 Å². The second-order valence-corrected chi connectivity index (χ2v) is 5.33. The molecule has 1 aliphatic carbocycles. The van der Waals surface area contributed by atoms with Gasteiger partial charge in [-0.05, 0) is 31.0 Å². The summed E-state index contributed by atoms with van der Waals surface area (Å²) in [6, 6.07) is 3.63. The Hall–Kier alpha value is -2.04. The fourth-order valence-corrected chi connectivity index (χ4v) is 2.96. The molecule has 0 spiro atoms. The van der Waals surface area contributed by atoms with E-state index < -0.39 is 17.5 Å². The predicted octanol–water partition coefficient (Wildman–Crippen LogP) is 2.11. The normalized spacial score (nSPS) is 18.8. The summed E-state index contributed by atoms with van der Waals surface area (Å²) in [6.45, 7) is -0.0894. The fourth-order valence-electron chi connectivity index (χ4n) is 2.96. The molecule has 104 valence electrons. The van der Waals surface area contributed by atoms with Crippen LogP contribution in [0.15, 0.2) is 18.2 Å². The number of anilines is 1. The first kappa shape index (κ1) is 13.0. The van der Waals surface area contributed by atoms with Crippen LogP contribution in [0, 0.1) is 11.7 Å². The van der Waals surface area contributed by atoms with Crippen LogP contribution < -0.4 is 4.90 Å². The van der Waals surface area contributed by atoms with Crippen molar-refractivity contribution >= 4 is 23.2 Å². The number of amides is 1. The second-order valence-electron chi connectivity index (χ2n) is 5.33. The van der Waals surface area contributed by atoms with E-state index in [-0.39, 0.29) is 23.8 Å². The third-order valence-electron chi connectivity index (χ3n) is 4.06. The van der Waals surface area contributed by atoms with Gasteiger partial charge in [-0.15, -0.1) is 0 Å². The van der Waals surface area contributed by atoms with Crippen LogP contribution in [0.4, 0.5) is 10.1 Å². The summed E-state index contributed by atoms with van der Waals surface area (Å²) in [5, 5.41) is 0. The van der Waals surface area contributed by atoms with Crippen LogP contribution >= 0.6 is 0 Å². The van der Waals surface area contributed by atoms with Crippen LogP contribution in [0.1, 0.15) is 36.0 Å². The minimum absolute atomic E-state index is 0.0117. The molecule has 0 atom stereocenters. The Morgan fingerprint density at radius 1 is 1.25 bits per heavy atom. The highest BCUT2D eigenvalue weighted by molar-refractivity contribution is 6.52. The second kappa shape index (κ2) is 4.81. The van der Waals surface area contributed by atoms with Gasteiger partial charge in [0.2, 0.25) is 0 Å². The van der Waals surface area contributed by atoms with Crippen molar-refractivity contribution in [3.63, 3.8) is 0 Å². The smallest absolute Gasteiger partial charge is 0.297 e. The lowest BCUT2D eigenvalue weighted by molar-refractivity contribution is -0.123. The monoisotopic (exact) mass is 275 g/mol. The van der Waals surface area contributed by atoms with Crippen molar-refractivity contribution in [3.8, 4) is 0 Å². The van der Waals surface area contributed by atoms with Crippen LogP contribution in [0.3, 0.4) is 0 Å². The summed E-state index contributed by atoms with van der Waals surface area (Å²) < 4.78 is 13.1.